The Balaban J connectivity index is 1.81. The van der Waals surface area contributed by atoms with Crippen LogP contribution in [0, 0.1) is 12.8 Å². The Kier molecular flexibility index (Phi) is 5.93. The lowest BCUT2D eigenvalue weighted by molar-refractivity contribution is 0.167. The Morgan fingerprint density at radius 3 is 2.62 bits per heavy atom. The molecule has 0 bridgehead atoms. The third-order valence-electron chi connectivity index (χ3n) is 4.08. The Morgan fingerprint density at radius 2 is 2.05 bits per heavy atom. The first-order valence-electron chi connectivity index (χ1n) is 7.57. The number of hydrogen-bond donors (Lipinski definition) is 2. The van der Waals surface area contributed by atoms with Gasteiger partial charge in [0.25, 0.3) is 0 Å². The van der Waals surface area contributed by atoms with E-state index in [1.54, 1.807) is 0 Å². The van der Waals surface area contributed by atoms with Crippen molar-refractivity contribution < 1.29 is 4.79 Å². The third kappa shape index (κ3) is 4.93. The van der Waals surface area contributed by atoms with E-state index >= 15 is 0 Å². The van der Waals surface area contributed by atoms with Gasteiger partial charge in [-0.25, -0.2) is 4.79 Å². The summed E-state index contributed by atoms with van der Waals surface area (Å²) in [5, 5.41) is 14.9. The number of anilines is 1. The molecular formula is C14H25N5OS. The topological polar surface area (TPSA) is 70.1 Å². The molecule has 6 nitrogen and oxygen atoms in total. The molecule has 1 heterocycles. The summed E-state index contributed by atoms with van der Waals surface area (Å²) < 4.78 is 0. The Labute approximate surface area is 130 Å². The molecule has 2 amide bonds. The first-order chi connectivity index (χ1) is 10.1. The zero-order chi connectivity index (χ0) is 15.2. The quantitative estimate of drug-likeness (QED) is 0.876. The van der Waals surface area contributed by atoms with Gasteiger partial charge in [-0.3, -0.25) is 5.32 Å². The molecule has 0 aromatic carbocycles. The lowest BCUT2D eigenvalue weighted by Crippen LogP contribution is -2.46. The Morgan fingerprint density at radius 1 is 1.33 bits per heavy atom. The molecule has 1 aromatic rings. The van der Waals surface area contributed by atoms with Crippen molar-refractivity contribution in [2.24, 2.45) is 5.92 Å². The first kappa shape index (κ1) is 16.2. The maximum absolute atomic E-state index is 11.9. The van der Waals surface area contributed by atoms with Gasteiger partial charge in [0.05, 0.1) is 0 Å². The molecule has 1 fully saturated rings. The van der Waals surface area contributed by atoms with Gasteiger partial charge in [-0.05, 0) is 39.8 Å². The van der Waals surface area contributed by atoms with E-state index in [0.717, 1.165) is 5.01 Å². The predicted octanol–water partition coefficient (Wildman–Crippen LogP) is 2.48. The highest BCUT2D eigenvalue weighted by Crippen LogP contribution is 2.28. The Hall–Kier alpha value is -1.21. The molecule has 21 heavy (non-hydrogen) atoms. The second-order valence-electron chi connectivity index (χ2n) is 5.89. The summed E-state index contributed by atoms with van der Waals surface area (Å²) in [6.07, 6.45) is 6.50. The van der Waals surface area contributed by atoms with E-state index in [4.69, 9.17) is 0 Å². The van der Waals surface area contributed by atoms with Gasteiger partial charge in [0.15, 0.2) is 0 Å². The van der Waals surface area contributed by atoms with Gasteiger partial charge in [-0.2, -0.15) is 0 Å². The fourth-order valence-corrected chi connectivity index (χ4v) is 3.56. The fraction of sp³-hybridized carbons (Fsp3) is 0.786. The van der Waals surface area contributed by atoms with E-state index in [-0.39, 0.29) is 6.03 Å². The molecule has 0 aliphatic heterocycles. The minimum Gasteiger partial charge on any atom is -0.336 e. The molecule has 2 N–H and O–H groups in total. The van der Waals surface area contributed by atoms with Gasteiger partial charge in [-0.1, -0.05) is 30.6 Å². The van der Waals surface area contributed by atoms with Crippen molar-refractivity contribution in [3.05, 3.63) is 5.01 Å². The summed E-state index contributed by atoms with van der Waals surface area (Å²) >= 11 is 1.38. The Bertz CT molecular complexity index is 456. The molecule has 2 rings (SSSR count). The minimum absolute atomic E-state index is 0.200. The van der Waals surface area contributed by atoms with Gasteiger partial charge >= 0.3 is 6.03 Å². The summed E-state index contributed by atoms with van der Waals surface area (Å²) in [6, 6.07) is 0.195. The second-order valence-corrected chi connectivity index (χ2v) is 7.07. The minimum atomic E-state index is -0.200. The average Bonchev–Trinajstić information content (AvgIpc) is 2.85. The van der Waals surface area contributed by atoms with Crippen LogP contribution in [0.25, 0.3) is 0 Å². The van der Waals surface area contributed by atoms with Crippen molar-refractivity contribution in [1.82, 2.24) is 20.4 Å². The molecular weight excluding hydrogens is 286 g/mol. The van der Waals surface area contributed by atoms with Gasteiger partial charge in [0.2, 0.25) is 5.13 Å². The number of amides is 2. The van der Waals surface area contributed by atoms with E-state index in [1.165, 1.54) is 43.4 Å². The van der Waals surface area contributed by atoms with Gasteiger partial charge in [0.1, 0.15) is 5.01 Å². The largest absolute Gasteiger partial charge is 0.336 e. The molecule has 1 aliphatic carbocycles. The molecule has 1 atom stereocenters. The predicted molar refractivity (Wildman–Crippen MR) is 85.7 cm³/mol. The van der Waals surface area contributed by atoms with Gasteiger partial charge < -0.3 is 10.2 Å². The van der Waals surface area contributed by atoms with E-state index < -0.39 is 0 Å². The highest BCUT2D eigenvalue weighted by Gasteiger charge is 2.25. The zero-order valence-corrected chi connectivity index (χ0v) is 13.9. The summed E-state index contributed by atoms with van der Waals surface area (Å²) in [6.45, 7) is 2.53. The number of nitrogens with zero attached hydrogens (tertiary/aromatic N) is 3. The van der Waals surface area contributed by atoms with Crippen molar-refractivity contribution in [2.45, 2.75) is 45.1 Å². The third-order valence-corrected chi connectivity index (χ3v) is 4.83. The van der Waals surface area contributed by atoms with E-state index in [9.17, 15) is 4.79 Å². The van der Waals surface area contributed by atoms with E-state index in [0.29, 0.717) is 23.6 Å². The summed E-state index contributed by atoms with van der Waals surface area (Å²) in [5.74, 6) is 0.679. The van der Waals surface area contributed by atoms with Crippen molar-refractivity contribution >= 4 is 22.5 Å². The molecule has 1 aromatic heterocycles. The summed E-state index contributed by atoms with van der Waals surface area (Å²) in [5.41, 5.74) is 0. The number of nitrogens with one attached hydrogen (secondary N) is 2. The maximum Gasteiger partial charge on any atom is 0.321 e. The summed E-state index contributed by atoms with van der Waals surface area (Å²) in [4.78, 5) is 14.2. The monoisotopic (exact) mass is 311 g/mol. The molecule has 7 heteroatoms. The SMILES string of the molecule is Cc1nnc(NC(=O)NCC(C2CCCCC2)N(C)C)s1. The lowest BCUT2D eigenvalue weighted by atomic mass is 9.83. The zero-order valence-electron chi connectivity index (χ0n) is 13.1. The van der Waals surface area contributed by atoms with Crippen LogP contribution in [0.1, 0.15) is 37.1 Å². The van der Waals surface area contributed by atoms with Crippen LogP contribution in [-0.4, -0.2) is 47.8 Å². The molecule has 0 spiro atoms. The first-order valence-corrected chi connectivity index (χ1v) is 8.39. The van der Waals surface area contributed by atoms with Crippen molar-refractivity contribution in [1.29, 1.82) is 0 Å². The number of aryl methyl sites for hydroxylation is 1. The summed E-state index contributed by atoms with van der Waals surface area (Å²) in [7, 11) is 4.18. The van der Waals surface area contributed by atoms with Crippen LogP contribution in [0.4, 0.5) is 9.93 Å². The normalized spacial score (nSPS) is 17.7. The van der Waals surface area contributed by atoms with Crippen molar-refractivity contribution in [2.75, 3.05) is 26.0 Å². The number of rotatable bonds is 5. The van der Waals surface area contributed by atoms with Crippen LogP contribution in [-0.2, 0) is 0 Å². The van der Waals surface area contributed by atoms with Crippen LogP contribution < -0.4 is 10.6 Å². The van der Waals surface area contributed by atoms with Crippen molar-refractivity contribution in [3.8, 4) is 0 Å². The number of likely N-dealkylation sites (N-methyl/N-ethyl adjacent to an activating group) is 1. The van der Waals surface area contributed by atoms with E-state index in [1.807, 2.05) is 6.92 Å². The molecule has 0 radical (unpaired) electrons. The lowest BCUT2D eigenvalue weighted by Gasteiger charge is -2.34. The van der Waals surface area contributed by atoms with Crippen LogP contribution in [0.3, 0.4) is 0 Å². The van der Waals surface area contributed by atoms with Crippen LogP contribution >= 0.6 is 11.3 Å². The van der Waals surface area contributed by atoms with Crippen LogP contribution in [0.15, 0.2) is 0 Å². The van der Waals surface area contributed by atoms with Gasteiger partial charge in [-0.15, -0.1) is 10.2 Å². The number of carbonyl (C=O) groups excluding carboxylic acids is 1. The van der Waals surface area contributed by atoms with Gasteiger partial charge in [0, 0.05) is 12.6 Å². The molecule has 1 aliphatic rings. The number of carbonyl (C=O) groups is 1. The van der Waals surface area contributed by atoms with Crippen LogP contribution in [0.5, 0.6) is 0 Å². The molecule has 1 saturated carbocycles. The molecule has 118 valence electrons. The standard InChI is InChI=1S/C14H25N5OS/c1-10-17-18-14(21-10)16-13(20)15-9-12(19(2)3)11-7-5-4-6-8-11/h11-12H,4-9H2,1-3H3,(H2,15,16,18,20). The maximum atomic E-state index is 11.9. The second kappa shape index (κ2) is 7.70. The number of aromatic nitrogens is 2. The van der Waals surface area contributed by atoms with E-state index in [2.05, 4.69) is 39.8 Å². The van der Waals surface area contributed by atoms with Crippen LogP contribution in [0.2, 0.25) is 0 Å². The smallest absolute Gasteiger partial charge is 0.321 e. The number of hydrogen-bond acceptors (Lipinski definition) is 5. The highest BCUT2D eigenvalue weighted by molar-refractivity contribution is 7.15. The van der Waals surface area contributed by atoms with Crippen molar-refractivity contribution in [3.63, 3.8) is 0 Å². The number of urea groups is 1. The molecule has 0 saturated heterocycles. The average molecular weight is 311 g/mol. The molecule has 1 unspecified atom stereocenters. The fourth-order valence-electron chi connectivity index (χ4n) is 2.98. The highest BCUT2D eigenvalue weighted by atomic mass is 32.1.